The molecule has 0 bridgehead atoms. The van der Waals surface area contributed by atoms with Crippen LogP contribution in [-0.2, 0) is 12.3 Å². The van der Waals surface area contributed by atoms with E-state index in [2.05, 4.69) is 24.0 Å². The molecule has 4 heteroatoms. The molecule has 0 aliphatic carbocycles. The van der Waals surface area contributed by atoms with Gasteiger partial charge in [-0.25, -0.2) is 0 Å². The number of halogens is 1. The Morgan fingerprint density at radius 3 is 2.67 bits per heavy atom. The SMILES string of the molecule is CCCc1ccc(Oc2nc3ccccn3c2CCl)cc1. The molecule has 108 valence electrons. The number of fused-ring (bicyclic) bond motifs is 1. The van der Waals surface area contributed by atoms with Gasteiger partial charge in [-0.3, -0.25) is 4.40 Å². The van der Waals surface area contributed by atoms with Gasteiger partial charge in [0, 0.05) is 6.20 Å². The van der Waals surface area contributed by atoms with Crippen LogP contribution in [0.3, 0.4) is 0 Å². The molecule has 0 unspecified atom stereocenters. The van der Waals surface area contributed by atoms with Crippen LogP contribution in [0.4, 0.5) is 0 Å². The van der Waals surface area contributed by atoms with Gasteiger partial charge in [-0.05, 0) is 36.2 Å². The Kier molecular flexibility index (Phi) is 4.11. The molecule has 0 saturated carbocycles. The maximum absolute atomic E-state index is 6.04. The smallest absolute Gasteiger partial charge is 0.242 e. The monoisotopic (exact) mass is 300 g/mol. The molecular weight excluding hydrogens is 284 g/mol. The lowest BCUT2D eigenvalue weighted by atomic mass is 10.1. The predicted molar refractivity (Wildman–Crippen MR) is 85.3 cm³/mol. The first-order valence-corrected chi connectivity index (χ1v) is 7.64. The first-order chi connectivity index (χ1) is 10.3. The zero-order valence-corrected chi connectivity index (χ0v) is 12.7. The van der Waals surface area contributed by atoms with Gasteiger partial charge in [-0.2, -0.15) is 4.98 Å². The highest BCUT2D eigenvalue weighted by Gasteiger charge is 2.12. The Morgan fingerprint density at radius 2 is 1.95 bits per heavy atom. The molecule has 3 nitrogen and oxygen atoms in total. The molecule has 0 N–H and O–H groups in total. The number of hydrogen-bond donors (Lipinski definition) is 0. The van der Waals surface area contributed by atoms with Crippen molar-refractivity contribution in [1.29, 1.82) is 0 Å². The quantitative estimate of drug-likeness (QED) is 0.632. The number of aryl methyl sites for hydroxylation is 1. The minimum Gasteiger partial charge on any atom is -0.437 e. The van der Waals surface area contributed by atoms with E-state index in [4.69, 9.17) is 16.3 Å². The average molecular weight is 301 g/mol. The molecule has 2 aromatic heterocycles. The van der Waals surface area contributed by atoms with E-state index in [-0.39, 0.29) is 0 Å². The van der Waals surface area contributed by atoms with Crippen molar-refractivity contribution < 1.29 is 4.74 Å². The van der Waals surface area contributed by atoms with E-state index in [9.17, 15) is 0 Å². The normalized spacial score (nSPS) is 11.0. The molecule has 2 heterocycles. The summed E-state index contributed by atoms with van der Waals surface area (Å²) in [4.78, 5) is 4.49. The summed E-state index contributed by atoms with van der Waals surface area (Å²) in [5, 5.41) is 0. The second-order valence-corrected chi connectivity index (χ2v) is 5.19. The number of nitrogens with zero attached hydrogens (tertiary/aromatic N) is 2. The second-order valence-electron chi connectivity index (χ2n) is 4.92. The van der Waals surface area contributed by atoms with Gasteiger partial charge in [0.25, 0.3) is 0 Å². The van der Waals surface area contributed by atoms with Crippen LogP contribution < -0.4 is 4.74 Å². The molecule has 0 atom stereocenters. The van der Waals surface area contributed by atoms with E-state index in [1.165, 1.54) is 5.56 Å². The van der Waals surface area contributed by atoms with Crippen LogP contribution in [-0.4, -0.2) is 9.38 Å². The van der Waals surface area contributed by atoms with Crippen molar-refractivity contribution in [2.24, 2.45) is 0 Å². The lowest BCUT2D eigenvalue weighted by Gasteiger charge is -2.05. The van der Waals surface area contributed by atoms with Gasteiger partial charge in [0.15, 0.2) is 0 Å². The summed E-state index contributed by atoms with van der Waals surface area (Å²) in [6, 6.07) is 14.0. The number of ether oxygens (including phenoxy) is 1. The summed E-state index contributed by atoms with van der Waals surface area (Å²) in [6.45, 7) is 2.17. The van der Waals surface area contributed by atoms with Gasteiger partial charge in [0.2, 0.25) is 5.88 Å². The van der Waals surface area contributed by atoms with Gasteiger partial charge in [0.05, 0.1) is 5.88 Å². The molecule has 0 aliphatic heterocycles. The van der Waals surface area contributed by atoms with Crippen molar-refractivity contribution >= 4 is 17.2 Å². The van der Waals surface area contributed by atoms with Crippen LogP contribution in [0.5, 0.6) is 11.6 Å². The number of alkyl halides is 1. The van der Waals surface area contributed by atoms with Crippen molar-refractivity contribution in [3.63, 3.8) is 0 Å². The van der Waals surface area contributed by atoms with Gasteiger partial charge >= 0.3 is 0 Å². The third-order valence-electron chi connectivity index (χ3n) is 3.40. The standard InChI is InChI=1S/C17H17ClN2O/c1-2-5-13-7-9-14(10-8-13)21-17-15(12-18)20-11-4-3-6-16(20)19-17/h3-4,6-11H,2,5,12H2,1H3. The van der Waals surface area contributed by atoms with Crippen molar-refractivity contribution in [2.75, 3.05) is 0 Å². The number of benzene rings is 1. The van der Waals surface area contributed by atoms with Crippen molar-refractivity contribution in [3.8, 4) is 11.6 Å². The summed E-state index contributed by atoms with van der Waals surface area (Å²) in [6.07, 6.45) is 4.17. The highest BCUT2D eigenvalue weighted by molar-refractivity contribution is 6.17. The van der Waals surface area contributed by atoms with Gasteiger partial charge < -0.3 is 4.74 Å². The summed E-state index contributed by atoms with van der Waals surface area (Å²) in [5.41, 5.74) is 3.02. The molecule has 0 amide bonds. The fourth-order valence-electron chi connectivity index (χ4n) is 2.35. The zero-order chi connectivity index (χ0) is 14.7. The van der Waals surface area contributed by atoms with Crippen molar-refractivity contribution in [3.05, 3.63) is 59.9 Å². The van der Waals surface area contributed by atoms with Crippen molar-refractivity contribution in [2.45, 2.75) is 25.6 Å². The van der Waals surface area contributed by atoms with E-state index in [1.807, 2.05) is 40.9 Å². The molecule has 3 rings (SSSR count). The number of rotatable bonds is 5. The summed E-state index contributed by atoms with van der Waals surface area (Å²) in [7, 11) is 0. The molecule has 0 spiro atoms. The topological polar surface area (TPSA) is 26.5 Å². The maximum Gasteiger partial charge on any atom is 0.242 e. The Labute approximate surface area is 129 Å². The van der Waals surface area contributed by atoms with Gasteiger partial charge in [-0.1, -0.05) is 31.5 Å². The number of hydrogen-bond acceptors (Lipinski definition) is 2. The van der Waals surface area contributed by atoms with E-state index in [0.717, 1.165) is 29.9 Å². The van der Waals surface area contributed by atoms with E-state index >= 15 is 0 Å². The maximum atomic E-state index is 6.04. The number of aromatic nitrogens is 2. The molecule has 0 saturated heterocycles. The van der Waals surface area contributed by atoms with Crippen molar-refractivity contribution in [1.82, 2.24) is 9.38 Å². The van der Waals surface area contributed by atoms with Crippen LogP contribution in [0.2, 0.25) is 0 Å². The summed E-state index contributed by atoms with van der Waals surface area (Å²) in [5.74, 6) is 1.71. The number of pyridine rings is 1. The Hall–Kier alpha value is -2.00. The third-order valence-corrected chi connectivity index (χ3v) is 3.65. The summed E-state index contributed by atoms with van der Waals surface area (Å²) < 4.78 is 7.85. The fraction of sp³-hybridized carbons (Fsp3) is 0.235. The highest BCUT2D eigenvalue weighted by atomic mass is 35.5. The van der Waals surface area contributed by atoms with Crippen LogP contribution in [0.25, 0.3) is 5.65 Å². The Morgan fingerprint density at radius 1 is 1.14 bits per heavy atom. The molecule has 1 aromatic carbocycles. The average Bonchev–Trinajstić information content (AvgIpc) is 2.86. The molecule has 0 radical (unpaired) electrons. The van der Waals surface area contributed by atoms with Crippen LogP contribution in [0.1, 0.15) is 24.6 Å². The summed E-state index contributed by atoms with van der Waals surface area (Å²) >= 11 is 6.04. The lowest BCUT2D eigenvalue weighted by molar-refractivity contribution is 0.461. The number of imidazole rings is 1. The molecule has 3 aromatic rings. The predicted octanol–water partition coefficient (Wildman–Crippen LogP) is 4.82. The minimum atomic E-state index is 0.356. The Balaban J connectivity index is 1.90. The molecule has 21 heavy (non-hydrogen) atoms. The molecule has 0 fully saturated rings. The van der Waals surface area contributed by atoms with E-state index in [0.29, 0.717) is 11.8 Å². The minimum absolute atomic E-state index is 0.356. The van der Waals surface area contributed by atoms with Crippen LogP contribution >= 0.6 is 11.6 Å². The second kappa shape index (κ2) is 6.19. The van der Waals surface area contributed by atoms with Crippen LogP contribution in [0, 0.1) is 0 Å². The first kappa shape index (κ1) is 14.0. The largest absolute Gasteiger partial charge is 0.437 e. The third kappa shape index (κ3) is 2.88. The molecule has 0 aliphatic rings. The van der Waals surface area contributed by atoms with Crippen LogP contribution in [0.15, 0.2) is 48.7 Å². The van der Waals surface area contributed by atoms with E-state index < -0.39 is 0 Å². The van der Waals surface area contributed by atoms with E-state index in [1.54, 1.807) is 0 Å². The first-order valence-electron chi connectivity index (χ1n) is 7.10. The highest BCUT2D eigenvalue weighted by Crippen LogP contribution is 2.27. The molecular formula is C17H17ClN2O. The van der Waals surface area contributed by atoms with Gasteiger partial charge in [0.1, 0.15) is 17.1 Å². The van der Waals surface area contributed by atoms with Gasteiger partial charge in [-0.15, -0.1) is 11.6 Å². The fourth-order valence-corrected chi connectivity index (χ4v) is 2.60. The lowest BCUT2D eigenvalue weighted by Crippen LogP contribution is -1.92. The Bertz CT molecular complexity index is 734. The zero-order valence-electron chi connectivity index (χ0n) is 11.9.